The minimum Gasteiger partial charge on any atom is -0.309 e. The Morgan fingerprint density at radius 3 is 2.67 bits per heavy atom. The molecule has 3 heteroatoms. The number of nitrogens with zero attached hydrogens (tertiary/aromatic N) is 1. The largest absolute Gasteiger partial charge is 0.309 e. The van der Waals surface area contributed by atoms with Crippen LogP contribution in [0.15, 0.2) is 6.20 Å². The van der Waals surface area contributed by atoms with E-state index in [0.717, 1.165) is 12.5 Å². The standard InChI is InChI=1S/C15H26N2S/c1-5-12(8-11-6-7-11)16-9-13-10-17-14(18-13)15(2,3)4/h10-12,16H,5-9H2,1-4H3. The van der Waals surface area contributed by atoms with Crippen molar-refractivity contribution >= 4 is 11.3 Å². The van der Waals surface area contributed by atoms with Crippen molar-refractivity contribution in [2.75, 3.05) is 0 Å². The Labute approximate surface area is 115 Å². The van der Waals surface area contributed by atoms with Crippen molar-refractivity contribution in [3.05, 3.63) is 16.1 Å². The minimum atomic E-state index is 0.182. The molecule has 1 saturated carbocycles. The molecule has 1 aromatic heterocycles. The van der Waals surface area contributed by atoms with E-state index in [2.05, 4.69) is 38.0 Å². The van der Waals surface area contributed by atoms with Gasteiger partial charge in [0.1, 0.15) is 0 Å². The van der Waals surface area contributed by atoms with Crippen LogP contribution in [0.25, 0.3) is 0 Å². The molecule has 1 aliphatic carbocycles. The number of hydrogen-bond donors (Lipinski definition) is 1. The number of rotatable bonds is 6. The lowest BCUT2D eigenvalue weighted by atomic mass is 9.98. The van der Waals surface area contributed by atoms with Gasteiger partial charge < -0.3 is 5.32 Å². The number of thiazole rings is 1. The molecule has 1 aliphatic rings. The molecule has 1 fully saturated rings. The van der Waals surface area contributed by atoms with Gasteiger partial charge in [-0.2, -0.15) is 0 Å². The molecule has 102 valence electrons. The number of hydrogen-bond acceptors (Lipinski definition) is 3. The summed E-state index contributed by atoms with van der Waals surface area (Å²) in [5, 5.41) is 4.94. The van der Waals surface area contributed by atoms with E-state index >= 15 is 0 Å². The molecular weight excluding hydrogens is 240 g/mol. The molecule has 0 aliphatic heterocycles. The van der Waals surface area contributed by atoms with Crippen molar-refractivity contribution in [1.82, 2.24) is 10.3 Å². The summed E-state index contributed by atoms with van der Waals surface area (Å²) in [5.74, 6) is 1.01. The SMILES string of the molecule is CCC(CC1CC1)NCc1cnc(C(C)(C)C)s1. The molecule has 0 bridgehead atoms. The summed E-state index contributed by atoms with van der Waals surface area (Å²) in [4.78, 5) is 5.91. The molecule has 1 aromatic rings. The summed E-state index contributed by atoms with van der Waals surface area (Å²) in [5.41, 5.74) is 0.182. The van der Waals surface area contributed by atoms with Gasteiger partial charge >= 0.3 is 0 Å². The van der Waals surface area contributed by atoms with Gasteiger partial charge in [0.05, 0.1) is 5.01 Å². The van der Waals surface area contributed by atoms with Crippen molar-refractivity contribution in [2.45, 2.75) is 71.4 Å². The molecule has 18 heavy (non-hydrogen) atoms. The van der Waals surface area contributed by atoms with Crippen molar-refractivity contribution in [3.8, 4) is 0 Å². The summed E-state index contributed by atoms with van der Waals surface area (Å²) in [6.07, 6.45) is 7.55. The van der Waals surface area contributed by atoms with Crippen LogP contribution >= 0.6 is 11.3 Å². The Hall–Kier alpha value is -0.410. The molecule has 2 rings (SSSR count). The fraction of sp³-hybridized carbons (Fsp3) is 0.800. The second-order valence-corrected chi connectivity index (χ2v) is 7.66. The van der Waals surface area contributed by atoms with E-state index in [9.17, 15) is 0 Å². The molecule has 1 heterocycles. The third kappa shape index (κ3) is 4.06. The van der Waals surface area contributed by atoms with E-state index < -0.39 is 0 Å². The van der Waals surface area contributed by atoms with Gasteiger partial charge in [-0.1, -0.05) is 40.5 Å². The van der Waals surface area contributed by atoms with Crippen LogP contribution in [0.5, 0.6) is 0 Å². The molecule has 0 radical (unpaired) electrons. The first kappa shape index (κ1) is 14.0. The van der Waals surface area contributed by atoms with Gasteiger partial charge in [0.2, 0.25) is 0 Å². The van der Waals surface area contributed by atoms with Crippen LogP contribution in [-0.2, 0) is 12.0 Å². The lowest BCUT2D eigenvalue weighted by Gasteiger charge is -2.16. The predicted octanol–water partition coefficient (Wildman–Crippen LogP) is 4.11. The predicted molar refractivity (Wildman–Crippen MR) is 79.1 cm³/mol. The van der Waals surface area contributed by atoms with E-state index in [1.54, 1.807) is 0 Å². The Balaban J connectivity index is 1.83. The fourth-order valence-electron chi connectivity index (χ4n) is 2.13. The van der Waals surface area contributed by atoms with Crippen molar-refractivity contribution in [1.29, 1.82) is 0 Å². The Morgan fingerprint density at radius 2 is 2.17 bits per heavy atom. The van der Waals surface area contributed by atoms with Crippen LogP contribution in [0.4, 0.5) is 0 Å². The second-order valence-electron chi connectivity index (χ2n) is 6.55. The zero-order chi connectivity index (χ0) is 13.2. The molecule has 1 unspecified atom stereocenters. The first-order valence-corrected chi connectivity index (χ1v) is 7.99. The molecular formula is C15H26N2S. The van der Waals surface area contributed by atoms with Gasteiger partial charge in [-0.3, -0.25) is 0 Å². The monoisotopic (exact) mass is 266 g/mol. The maximum Gasteiger partial charge on any atom is 0.0981 e. The summed E-state index contributed by atoms with van der Waals surface area (Å²) >= 11 is 1.85. The molecule has 0 aromatic carbocycles. The van der Waals surface area contributed by atoms with Gasteiger partial charge in [-0.25, -0.2) is 4.98 Å². The van der Waals surface area contributed by atoms with Crippen LogP contribution in [-0.4, -0.2) is 11.0 Å². The van der Waals surface area contributed by atoms with E-state index in [-0.39, 0.29) is 5.41 Å². The average molecular weight is 266 g/mol. The van der Waals surface area contributed by atoms with Crippen LogP contribution in [0, 0.1) is 5.92 Å². The lowest BCUT2D eigenvalue weighted by Crippen LogP contribution is -2.28. The molecule has 1 N–H and O–H groups in total. The second kappa shape index (κ2) is 5.70. The topological polar surface area (TPSA) is 24.9 Å². The summed E-state index contributed by atoms with van der Waals surface area (Å²) in [6.45, 7) is 9.95. The average Bonchev–Trinajstić information content (AvgIpc) is 2.97. The van der Waals surface area contributed by atoms with Gasteiger partial charge in [0.25, 0.3) is 0 Å². The molecule has 0 amide bonds. The van der Waals surface area contributed by atoms with E-state index in [4.69, 9.17) is 0 Å². The van der Waals surface area contributed by atoms with Crippen LogP contribution in [0.1, 0.15) is 63.3 Å². The molecule has 2 nitrogen and oxygen atoms in total. The third-order valence-corrected chi connectivity index (χ3v) is 4.99. The first-order chi connectivity index (χ1) is 8.49. The van der Waals surface area contributed by atoms with Crippen LogP contribution in [0.2, 0.25) is 0 Å². The minimum absolute atomic E-state index is 0.182. The van der Waals surface area contributed by atoms with Crippen molar-refractivity contribution in [3.63, 3.8) is 0 Å². The summed E-state index contributed by atoms with van der Waals surface area (Å²) < 4.78 is 0. The van der Waals surface area contributed by atoms with Crippen molar-refractivity contribution < 1.29 is 0 Å². The van der Waals surface area contributed by atoms with E-state index in [0.29, 0.717) is 6.04 Å². The quantitative estimate of drug-likeness (QED) is 0.838. The zero-order valence-electron chi connectivity index (χ0n) is 12.1. The highest BCUT2D eigenvalue weighted by Gasteiger charge is 2.24. The zero-order valence-corrected chi connectivity index (χ0v) is 12.9. The van der Waals surface area contributed by atoms with Crippen molar-refractivity contribution in [2.24, 2.45) is 5.92 Å². The third-order valence-electron chi connectivity index (χ3n) is 3.57. The van der Waals surface area contributed by atoms with Crippen LogP contribution in [0.3, 0.4) is 0 Å². The highest BCUT2D eigenvalue weighted by Crippen LogP contribution is 2.34. The smallest absolute Gasteiger partial charge is 0.0981 e. The Kier molecular flexibility index (Phi) is 4.44. The normalized spacial score (nSPS) is 18.0. The highest BCUT2D eigenvalue weighted by atomic mass is 32.1. The fourth-order valence-corrected chi connectivity index (χ4v) is 3.05. The Bertz CT molecular complexity index is 374. The number of aromatic nitrogens is 1. The summed E-state index contributed by atoms with van der Waals surface area (Å²) in [7, 11) is 0. The van der Waals surface area contributed by atoms with Crippen LogP contribution < -0.4 is 5.32 Å². The maximum absolute atomic E-state index is 4.54. The van der Waals surface area contributed by atoms with Gasteiger partial charge in [0.15, 0.2) is 0 Å². The highest BCUT2D eigenvalue weighted by molar-refractivity contribution is 7.11. The molecule has 0 spiro atoms. The van der Waals surface area contributed by atoms with Gasteiger partial charge in [-0.15, -0.1) is 11.3 Å². The van der Waals surface area contributed by atoms with Gasteiger partial charge in [0, 0.05) is 29.1 Å². The molecule has 1 atom stereocenters. The van der Waals surface area contributed by atoms with Gasteiger partial charge in [-0.05, 0) is 18.8 Å². The number of nitrogens with one attached hydrogen (secondary N) is 1. The summed E-state index contributed by atoms with van der Waals surface area (Å²) in [6, 6.07) is 0.692. The maximum atomic E-state index is 4.54. The van der Waals surface area contributed by atoms with E-state index in [1.807, 2.05) is 17.5 Å². The first-order valence-electron chi connectivity index (χ1n) is 7.17. The van der Waals surface area contributed by atoms with E-state index in [1.165, 1.54) is 35.6 Å². The Morgan fingerprint density at radius 1 is 1.44 bits per heavy atom. The lowest BCUT2D eigenvalue weighted by molar-refractivity contribution is 0.446. The molecule has 0 saturated heterocycles.